The highest BCUT2D eigenvalue weighted by molar-refractivity contribution is 6.03. The zero-order chi connectivity index (χ0) is 41.6. The van der Waals surface area contributed by atoms with Crippen molar-refractivity contribution >= 4 is 17.3 Å². The summed E-state index contributed by atoms with van der Waals surface area (Å²) in [5, 5.41) is 0. The SMILES string of the molecule is Cc1ccc(C(=O)C(C)(F)CN2CCCC2)cc1.Cc1ccc(C(=O)C(C)(F)CN2CCCCC2)cc1.Cc1ccc(C(=O)C(C)(F)CN2CCCCCC2)cc1. The smallest absolute Gasteiger partial charge is 0.201 e. The second-order valence-electron chi connectivity index (χ2n) is 17.2. The first-order valence-electron chi connectivity index (χ1n) is 21.1. The number of halogens is 3. The number of carbonyl (C=O) groups excluding carboxylic acids is 3. The largest absolute Gasteiger partial charge is 0.300 e. The van der Waals surface area contributed by atoms with Crippen LogP contribution < -0.4 is 0 Å². The van der Waals surface area contributed by atoms with Crippen LogP contribution >= 0.6 is 0 Å². The van der Waals surface area contributed by atoms with Crippen molar-refractivity contribution in [2.45, 2.75) is 116 Å². The van der Waals surface area contributed by atoms with E-state index in [1.807, 2.05) is 62.1 Å². The summed E-state index contributed by atoms with van der Waals surface area (Å²) >= 11 is 0. The number of hydrogen-bond acceptors (Lipinski definition) is 6. The second kappa shape index (κ2) is 21.4. The molecule has 3 heterocycles. The lowest BCUT2D eigenvalue weighted by Gasteiger charge is -2.31. The Kier molecular flexibility index (Phi) is 17.3. The minimum atomic E-state index is -1.81. The van der Waals surface area contributed by atoms with E-state index in [2.05, 4.69) is 9.80 Å². The molecule has 3 aromatic rings. The van der Waals surface area contributed by atoms with E-state index in [4.69, 9.17) is 0 Å². The number of likely N-dealkylation sites (tertiary alicyclic amines) is 3. The van der Waals surface area contributed by atoms with Gasteiger partial charge < -0.3 is 0 Å². The van der Waals surface area contributed by atoms with Crippen molar-refractivity contribution in [3.8, 4) is 0 Å². The fraction of sp³-hybridized carbons (Fsp3) is 0.562. The van der Waals surface area contributed by atoms with Gasteiger partial charge in [-0.3, -0.25) is 29.1 Å². The molecule has 0 radical (unpaired) electrons. The first-order valence-corrected chi connectivity index (χ1v) is 21.1. The number of ketones is 3. The van der Waals surface area contributed by atoms with Crippen molar-refractivity contribution in [1.29, 1.82) is 0 Å². The van der Waals surface area contributed by atoms with E-state index >= 15 is 0 Å². The average molecular weight is 790 g/mol. The van der Waals surface area contributed by atoms with Crippen molar-refractivity contribution in [2.24, 2.45) is 0 Å². The Morgan fingerprint density at radius 1 is 0.404 bits per heavy atom. The highest BCUT2D eigenvalue weighted by Crippen LogP contribution is 2.25. The van der Waals surface area contributed by atoms with Crippen LogP contribution in [0.2, 0.25) is 0 Å². The molecule has 0 saturated carbocycles. The molecule has 6 nitrogen and oxygen atoms in total. The van der Waals surface area contributed by atoms with Crippen LogP contribution in [0.5, 0.6) is 0 Å². The highest BCUT2D eigenvalue weighted by atomic mass is 19.2. The normalized spacial score (nSPS) is 19.9. The second-order valence-corrected chi connectivity index (χ2v) is 17.2. The fourth-order valence-electron chi connectivity index (χ4n) is 7.85. The van der Waals surface area contributed by atoms with Crippen LogP contribution in [0.15, 0.2) is 72.8 Å². The van der Waals surface area contributed by atoms with Gasteiger partial charge in [0.2, 0.25) is 17.3 Å². The van der Waals surface area contributed by atoms with Gasteiger partial charge in [-0.15, -0.1) is 0 Å². The molecule has 3 saturated heterocycles. The fourth-order valence-corrected chi connectivity index (χ4v) is 7.85. The van der Waals surface area contributed by atoms with Gasteiger partial charge >= 0.3 is 0 Å². The van der Waals surface area contributed by atoms with Gasteiger partial charge in [0.1, 0.15) is 0 Å². The number of aryl methyl sites for hydroxylation is 3. The lowest BCUT2D eigenvalue weighted by atomic mass is 9.94. The molecule has 3 fully saturated rings. The van der Waals surface area contributed by atoms with E-state index in [1.165, 1.54) is 40.0 Å². The maximum absolute atomic E-state index is 14.8. The van der Waals surface area contributed by atoms with Gasteiger partial charge in [0.25, 0.3) is 0 Å². The number of benzene rings is 3. The third-order valence-electron chi connectivity index (χ3n) is 11.3. The lowest BCUT2D eigenvalue weighted by Crippen LogP contribution is -2.45. The molecular weight excluding hydrogens is 724 g/mol. The Morgan fingerprint density at radius 2 is 0.596 bits per heavy atom. The number of carbonyl (C=O) groups is 3. The Hall–Kier alpha value is -3.66. The minimum absolute atomic E-state index is 0.208. The first kappa shape index (κ1) is 46.0. The van der Waals surface area contributed by atoms with Gasteiger partial charge in [-0.2, -0.15) is 0 Å². The van der Waals surface area contributed by atoms with Gasteiger partial charge in [0, 0.05) is 36.3 Å². The maximum Gasteiger partial charge on any atom is 0.201 e. The Labute approximate surface area is 340 Å². The standard InChI is InChI=1S/C17H24FNO.C16H22FNO.C15H20FNO/c1-14-7-9-15(10-8-14)16(20)17(2,18)13-19-11-5-3-4-6-12-19;1-13-6-8-14(9-7-13)15(19)16(2,17)12-18-10-4-3-5-11-18;1-12-5-7-13(8-6-12)14(18)15(2,16)11-17-9-3-4-10-17/h7-10H,3-6,11-13H2,1-2H3;6-9H,3-5,10-12H2,1-2H3;5-8H,3-4,9-11H2,1-2H3. The number of alkyl halides is 3. The van der Waals surface area contributed by atoms with Crippen LogP contribution in [-0.4, -0.2) is 108 Å². The molecule has 0 aromatic heterocycles. The third-order valence-corrected chi connectivity index (χ3v) is 11.3. The molecule has 3 aliphatic rings. The molecule has 57 heavy (non-hydrogen) atoms. The number of rotatable bonds is 12. The Morgan fingerprint density at radius 3 is 0.825 bits per heavy atom. The van der Waals surface area contributed by atoms with Crippen LogP contribution in [-0.2, 0) is 0 Å². The molecule has 0 spiro atoms. The zero-order valence-electron chi connectivity index (χ0n) is 35.4. The van der Waals surface area contributed by atoms with Crippen LogP contribution in [0.4, 0.5) is 13.2 Å². The van der Waals surface area contributed by atoms with Crippen LogP contribution in [0.3, 0.4) is 0 Å². The summed E-state index contributed by atoms with van der Waals surface area (Å²) in [6.45, 7) is 16.1. The molecule has 9 heteroatoms. The van der Waals surface area contributed by atoms with E-state index in [1.54, 1.807) is 36.4 Å². The van der Waals surface area contributed by atoms with Crippen molar-refractivity contribution in [3.05, 3.63) is 106 Å². The zero-order valence-corrected chi connectivity index (χ0v) is 35.4. The summed E-state index contributed by atoms with van der Waals surface area (Å²) in [4.78, 5) is 42.9. The summed E-state index contributed by atoms with van der Waals surface area (Å²) in [7, 11) is 0. The predicted molar refractivity (Wildman–Crippen MR) is 226 cm³/mol. The monoisotopic (exact) mass is 790 g/mol. The molecule has 3 unspecified atom stereocenters. The number of hydrogen-bond donors (Lipinski definition) is 0. The molecule has 312 valence electrons. The summed E-state index contributed by atoms with van der Waals surface area (Å²) in [6, 6.07) is 21.4. The number of nitrogens with zero attached hydrogens (tertiary/aromatic N) is 3. The number of Topliss-reactive ketones (excluding diaryl/α,β-unsaturated/α-hetero) is 3. The lowest BCUT2D eigenvalue weighted by molar-refractivity contribution is 0.0576. The molecule has 3 aromatic carbocycles. The quantitative estimate of drug-likeness (QED) is 0.170. The van der Waals surface area contributed by atoms with E-state index in [9.17, 15) is 27.6 Å². The van der Waals surface area contributed by atoms with Gasteiger partial charge in [-0.1, -0.05) is 109 Å². The molecule has 0 N–H and O–H groups in total. The van der Waals surface area contributed by atoms with Gasteiger partial charge in [-0.05, 0) is 119 Å². The Bertz CT molecular complexity index is 1700. The minimum Gasteiger partial charge on any atom is -0.300 e. The topological polar surface area (TPSA) is 60.9 Å². The molecular formula is C48H66F3N3O3. The molecule has 0 amide bonds. The summed E-state index contributed by atoms with van der Waals surface area (Å²) in [5.41, 5.74) is -0.770. The van der Waals surface area contributed by atoms with E-state index in [0.29, 0.717) is 16.7 Å². The average Bonchev–Trinajstić information content (AvgIpc) is 3.56. The van der Waals surface area contributed by atoms with E-state index in [-0.39, 0.29) is 19.6 Å². The number of piperidine rings is 1. The molecule has 3 aliphatic heterocycles. The highest BCUT2D eigenvalue weighted by Gasteiger charge is 2.38. The van der Waals surface area contributed by atoms with E-state index < -0.39 is 34.4 Å². The molecule has 6 rings (SSSR count). The van der Waals surface area contributed by atoms with Gasteiger partial charge in [-0.25, -0.2) is 13.2 Å². The van der Waals surface area contributed by atoms with Crippen LogP contribution in [0, 0.1) is 20.8 Å². The summed E-state index contributed by atoms with van der Waals surface area (Å²) < 4.78 is 44.0. The van der Waals surface area contributed by atoms with Gasteiger partial charge in [0.15, 0.2) is 17.0 Å². The maximum atomic E-state index is 14.8. The van der Waals surface area contributed by atoms with Crippen molar-refractivity contribution < 1.29 is 27.6 Å². The van der Waals surface area contributed by atoms with Crippen molar-refractivity contribution in [2.75, 3.05) is 58.9 Å². The van der Waals surface area contributed by atoms with Crippen LogP contribution in [0.1, 0.15) is 126 Å². The van der Waals surface area contributed by atoms with Crippen molar-refractivity contribution in [3.63, 3.8) is 0 Å². The molecule has 0 bridgehead atoms. The first-order chi connectivity index (χ1) is 27.0. The third kappa shape index (κ3) is 14.6. The Balaban J connectivity index is 0.000000190. The van der Waals surface area contributed by atoms with Gasteiger partial charge in [0.05, 0.1) is 0 Å². The molecule has 0 aliphatic carbocycles. The van der Waals surface area contributed by atoms with E-state index in [0.717, 1.165) is 94.5 Å². The predicted octanol–water partition coefficient (Wildman–Crippen LogP) is 10.2. The summed E-state index contributed by atoms with van der Waals surface area (Å²) in [5.74, 6) is -1.21. The molecule has 3 atom stereocenters. The summed E-state index contributed by atoms with van der Waals surface area (Å²) in [6.07, 6.45) is 10.3. The van der Waals surface area contributed by atoms with Crippen molar-refractivity contribution in [1.82, 2.24) is 14.7 Å². The van der Waals surface area contributed by atoms with Crippen LogP contribution in [0.25, 0.3) is 0 Å².